The van der Waals surface area contributed by atoms with Crippen LogP contribution in [0.3, 0.4) is 0 Å². The molecule has 3 aromatic rings. The average Bonchev–Trinajstić information content (AvgIpc) is 3.54. The van der Waals surface area contributed by atoms with Gasteiger partial charge >= 0.3 is 0 Å². The first-order valence-corrected chi connectivity index (χ1v) is 13.3. The summed E-state index contributed by atoms with van der Waals surface area (Å²) >= 11 is 1.80. The van der Waals surface area contributed by atoms with Gasteiger partial charge in [-0.05, 0) is 62.0 Å². The standard InChI is InChI=1S/C27H34N4O2S/c1-32-24-10-5-9-22(17-24)18-30-14-12-23(13-15-30)26-28-29-27(34-20-25-11-6-16-33-25)31(26)19-21-7-3-2-4-8-21/h2-5,7-10,17,23,25H,6,11-16,18-20H2,1H3/t25-/m0/s1. The van der Waals surface area contributed by atoms with Gasteiger partial charge in [0.25, 0.3) is 0 Å². The molecule has 0 unspecified atom stereocenters. The Labute approximate surface area is 206 Å². The fraction of sp³-hybridized carbons (Fsp3) is 0.481. The fourth-order valence-corrected chi connectivity index (χ4v) is 5.96. The van der Waals surface area contributed by atoms with Gasteiger partial charge in [0.2, 0.25) is 0 Å². The molecule has 0 N–H and O–H groups in total. The van der Waals surface area contributed by atoms with Crippen molar-refractivity contribution >= 4 is 11.8 Å². The van der Waals surface area contributed by atoms with Gasteiger partial charge < -0.3 is 14.0 Å². The molecular formula is C27H34N4O2S. The number of likely N-dealkylation sites (tertiary alicyclic amines) is 1. The molecule has 0 aliphatic carbocycles. The highest BCUT2D eigenvalue weighted by molar-refractivity contribution is 7.99. The van der Waals surface area contributed by atoms with E-state index in [0.29, 0.717) is 12.0 Å². The molecule has 1 aromatic heterocycles. The van der Waals surface area contributed by atoms with Gasteiger partial charge in [0, 0.05) is 24.8 Å². The number of aromatic nitrogens is 3. The van der Waals surface area contributed by atoms with Crippen molar-refractivity contribution in [3.63, 3.8) is 0 Å². The number of rotatable bonds is 9. The highest BCUT2D eigenvalue weighted by atomic mass is 32.2. The van der Waals surface area contributed by atoms with E-state index in [0.717, 1.165) is 74.5 Å². The number of thioether (sulfide) groups is 1. The predicted octanol–water partition coefficient (Wildman–Crippen LogP) is 4.99. The topological polar surface area (TPSA) is 52.4 Å². The molecule has 2 aromatic carbocycles. The van der Waals surface area contributed by atoms with Crippen LogP contribution in [0.5, 0.6) is 5.75 Å². The lowest BCUT2D eigenvalue weighted by atomic mass is 9.95. The summed E-state index contributed by atoms with van der Waals surface area (Å²) in [4.78, 5) is 2.54. The van der Waals surface area contributed by atoms with Crippen LogP contribution in [-0.2, 0) is 17.8 Å². The molecule has 0 saturated carbocycles. The minimum Gasteiger partial charge on any atom is -0.497 e. The summed E-state index contributed by atoms with van der Waals surface area (Å²) in [6.07, 6.45) is 4.87. The van der Waals surface area contributed by atoms with E-state index < -0.39 is 0 Å². The van der Waals surface area contributed by atoms with E-state index >= 15 is 0 Å². The van der Waals surface area contributed by atoms with Gasteiger partial charge in [-0.25, -0.2) is 0 Å². The van der Waals surface area contributed by atoms with Crippen LogP contribution in [0.15, 0.2) is 59.8 Å². The Morgan fingerprint density at radius 3 is 2.56 bits per heavy atom. The van der Waals surface area contributed by atoms with Gasteiger partial charge in [-0.15, -0.1) is 10.2 Å². The third kappa shape index (κ3) is 5.82. The minimum atomic E-state index is 0.343. The smallest absolute Gasteiger partial charge is 0.191 e. The maximum atomic E-state index is 5.84. The van der Waals surface area contributed by atoms with E-state index in [-0.39, 0.29) is 0 Å². The second-order valence-corrected chi connectivity index (χ2v) is 10.2. The van der Waals surface area contributed by atoms with E-state index in [4.69, 9.17) is 14.6 Å². The zero-order chi connectivity index (χ0) is 23.2. The van der Waals surface area contributed by atoms with Crippen molar-refractivity contribution in [2.75, 3.05) is 32.6 Å². The predicted molar refractivity (Wildman–Crippen MR) is 136 cm³/mol. The van der Waals surface area contributed by atoms with Gasteiger partial charge in [-0.3, -0.25) is 4.90 Å². The van der Waals surface area contributed by atoms with Gasteiger partial charge in [-0.1, -0.05) is 54.2 Å². The quantitative estimate of drug-likeness (QED) is 0.404. The van der Waals surface area contributed by atoms with Crippen molar-refractivity contribution in [2.45, 2.75) is 56.0 Å². The highest BCUT2D eigenvalue weighted by Gasteiger charge is 2.27. The van der Waals surface area contributed by atoms with Crippen LogP contribution in [0.25, 0.3) is 0 Å². The Morgan fingerprint density at radius 1 is 0.971 bits per heavy atom. The van der Waals surface area contributed by atoms with Crippen LogP contribution >= 0.6 is 11.8 Å². The molecule has 7 heteroatoms. The summed E-state index contributed by atoms with van der Waals surface area (Å²) < 4.78 is 13.6. The highest BCUT2D eigenvalue weighted by Crippen LogP contribution is 2.32. The number of methoxy groups -OCH3 is 1. The van der Waals surface area contributed by atoms with E-state index in [9.17, 15) is 0 Å². The second kappa shape index (κ2) is 11.4. The average molecular weight is 479 g/mol. The van der Waals surface area contributed by atoms with Gasteiger partial charge in [-0.2, -0.15) is 0 Å². The molecule has 2 saturated heterocycles. The summed E-state index contributed by atoms with van der Waals surface area (Å²) in [7, 11) is 1.73. The Balaban J connectivity index is 1.26. The third-order valence-corrected chi connectivity index (χ3v) is 7.94. The van der Waals surface area contributed by atoms with Crippen molar-refractivity contribution in [3.05, 3.63) is 71.5 Å². The number of hydrogen-bond donors (Lipinski definition) is 0. The van der Waals surface area contributed by atoms with Gasteiger partial charge in [0.05, 0.1) is 19.8 Å². The minimum absolute atomic E-state index is 0.343. The normalized spacial score (nSPS) is 19.5. The van der Waals surface area contributed by atoms with Crippen molar-refractivity contribution in [1.82, 2.24) is 19.7 Å². The molecule has 0 amide bonds. The first-order valence-electron chi connectivity index (χ1n) is 12.3. The lowest BCUT2D eigenvalue weighted by molar-refractivity contribution is 0.129. The van der Waals surface area contributed by atoms with Crippen LogP contribution < -0.4 is 4.74 Å². The summed E-state index contributed by atoms with van der Waals surface area (Å²) in [6, 6.07) is 19.1. The lowest BCUT2D eigenvalue weighted by Gasteiger charge is -2.31. The van der Waals surface area contributed by atoms with E-state index in [1.165, 1.54) is 17.5 Å². The third-order valence-electron chi connectivity index (χ3n) is 6.84. The van der Waals surface area contributed by atoms with Crippen molar-refractivity contribution in [2.24, 2.45) is 0 Å². The zero-order valence-electron chi connectivity index (χ0n) is 19.9. The molecule has 0 radical (unpaired) electrons. The Hall–Kier alpha value is -2.35. The number of benzene rings is 2. The first kappa shape index (κ1) is 23.4. The van der Waals surface area contributed by atoms with E-state index in [1.54, 1.807) is 18.9 Å². The Morgan fingerprint density at radius 2 is 1.79 bits per heavy atom. The number of hydrogen-bond acceptors (Lipinski definition) is 6. The Bertz CT molecular complexity index is 1040. The maximum Gasteiger partial charge on any atom is 0.191 e. The molecule has 0 bridgehead atoms. The van der Waals surface area contributed by atoms with Crippen molar-refractivity contribution in [3.8, 4) is 5.75 Å². The summed E-state index contributed by atoms with van der Waals surface area (Å²) in [5.41, 5.74) is 2.59. The molecule has 5 rings (SSSR count). The molecule has 34 heavy (non-hydrogen) atoms. The first-order chi connectivity index (χ1) is 16.8. The van der Waals surface area contributed by atoms with Crippen molar-refractivity contribution < 1.29 is 9.47 Å². The molecular weight excluding hydrogens is 444 g/mol. The van der Waals surface area contributed by atoms with E-state index in [2.05, 4.69) is 63.1 Å². The van der Waals surface area contributed by atoms with Crippen LogP contribution in [0.2, 0.25) is 0 Å². The fourth-order valence-electron chi connectivity index (χ4n) is 4.94. The molecule has 2 aliphatic heterocycles. The molecule has 2 fully saturated rings. The summed E-state index contributed by atoms with van der Waals surface area (Å²) in [5.74, 6) is 3.45. The molecule has 2 aliphatic rings. The molecule has 1 atom stereocenters. The van der Waals surface area contributed by atoms with Crippen LogP contribution in [-0.4, -0.2) is 58.3 Å². The van der Waals surface area contributed by atoms with Crippen molar-refractivity contribution in [1.29, 1.82) is 0 Å². The number of nitrogens with zero attached hydrogens (tertiary/aromatic N) is 4. The van der Waals surface area contributed by atoms with Crippen LogP contribution in [0, 0.1) is 0 Å². The lowest BCUT2D eigenvalue weighted by Crippen LogP contribution is -2.33. The SMILES string of the molecule is COc1cccc(CN2CCC(c3nnc(SC[C@@H]4CCCO4)n3Cc3ccccc3)CC2)c1. The molecule has 0 spiro atoms. The molecule has 6 nitrogen and oxygen atoms in total. The maximum absolute atomic E-state index is 5.84. The monoisotopic (exact) mass is 478 g/mol. The number of piperidine rings is 1. The van der Waals surface area contributed by atoms with E-state index in [1.807, 2.05) is 6.07 Å². The Kier molecular flexibility index (Phi) is 7.83. The van der Waals surface area contributed by atoms with Crippen LogP contribution in [0.1, 0.15) is 48.6 Å². The van der Waals surface area contributed by atoms with Gasteiger partial charge in [0.15, 0.2) is 5.16 Å². The molecule has 3 heterocycles. The molecule has 180 valence electrons. The van der Waals surface area contributed by atoms with Gasteiger partial charge in [0.1, 0.15) is 11.6 Å². The number of ether oxygens (including phenoxy) is 2. The largest absolute Gasteiger partial charge is 0.497 e. The van der Waals surface area contributed by atoms with Crippen LogP contribution in [0.4, 0.5) is 0 Å². The zero-order valence-corrected chi connectivity index (χ0v) is 20.8. The second-order valence-electron chi connectivity index (χ2n) is 9.26. The summed E-state index contributed by atoms with van der Waals surface area (Å²) in [6.45, 7) is 4.81. The summed E-state index contributed by atoms with van der Waals surface area (Å²) in [5, 5.41) is 10.4.